The van der Waals surface area contributed by atoms with E-state index in [4.69, 9.17) is 14.2 Å². The molecular formula is C21H31N5O5S. The first-order chi connectivity index (χ1) is 15.6. The molecule has 32 heavy (non-hydrogen) atoms. The lowest BCUT2D eigenvalue weighted by atomic mass is 9.97. The van der Waals surface area contributed by atoms with E-state index in [1.165, 1.54) is 11.3 Å². The Balaban J connectivity index is 1.39. The van der Waals surface area contributed by atoms with E-state index in [2.05, 4.69) is 15.4 Å². The lowest BCUT2D eigenvalue weighted by Gasteiger charge is -2.31. The molecule has 0 radical (unpaired) electrons. The first-order valence-electron chi connectivity index (χ1n) is 10.8. The third kappa shape index (κ3) is 6.83. The van der Waals surface area contributed by atoms with Crippen molar-refractivity contribution in [1.29, 1.82) is 0 Å². The van der Waals surface area contributed by atoms with Crippen molar-refractivity contribution >= 4 is 29.0 Å². The summed E-state index contributed by atoms with van der Waals surface area (Å²) in [5.74, 6) is 0.662. The summed E-state index contributed by atoms with van der Waals surface area (Å²) in [6, 6.07) is 1.76. The molecule has 0 unspecified atom stereocenters. The zero-order valence-electron chi connectivity index (χ0n) is 18.6. The van der Waals surface area contributed by atoms with Crippen LogP contribution in [0.25, 0.3) is 0 Å². The average molecular weight is 466 g/mol. The van der Waals surface area contributed by atoms with Gasteiger partial charge in [0.1, 0.15) is 18.1 Å². The number of amides is 2. The average Bonchev–Trinajstić information content (AvgIpc) is 3.48. The summed E-state index contributed by atoms with van der Waals surface area (Å²) in [7, 11) is 1.62. The van der Waals surface area contributed by atoms with Gasteiger partial charge in [-0.3, -0.25) is 9.59 Å². The van der Waals surface area contributed by atoms with Crippen molar-refractivity contribution in [3.63, 3.8) is 0 Å². The molecule has 0 atom stereocenters. The molecule has 0 aliphatic carbocycles. The summed E-state index contributed by atoms with van der Waals surface area (Å²) in [5, 5.41) is 9.74. The van der Waals surface area contributed by atoms with Gasteiger partial charge >= 0.3 is 0 Å². The second-order valence-corrected chi connectivity index (χ2v) is 8.26. The number of thiazole rings is 1. The summed E-state index contributed by atoms with van der Waals surface area (Å²) < 4.78 is 17.3. The molecule has 3 rings (SSSR count). The number of ether oxygens (including phenoxy) is 3. The molecule has 1 aliphatic heterocycles. The maximum Gasteiger partial charge on any atom is 0.276 e. The van der Waals surface area contributed by atoms with Crippen LogP contribution in [-0.2, 0) is 25.5 Å². The molecule has 0 saturated carbocycles. The number of anilines is 1. The molecule has 2 aromatic rings. The van der Waals surface area contributed by atoms with E-state index in [1.54, 1.807) is 29.4 Å². The predicted molar refractivity (Wildman–Crippen MR) is 120 cm³/mol. The number of methoxy groups -OCH3 is 1. The normalized spacial score (nSPS) is 14.6. The molecule has 176 valence electrons. The van der Waals surface area contributed by atoms with E-state index in [0.717, 1.165) is 17.8 Å². The van der Waals surface area contributed by atoms with Crippen LogP contribution in [0.4, 0.5) is 5.82 Å². The first kappa shape index (κ1) is 24.3. The number of aryl methyl sites for hydroxylation is 1. The third-order valence-electron chi connectivity index (χ3n) is 5.24. The monoisotopic (exact) mass is 465 g/mol. The van der Waals surface area contributed by atoms with E-state index in [9.17, 15) is 9.59 Å². The molecule has 1 saturated heterocycles. The molecule has 2 amide bonds. The van der Waals surface area contributed by atoms with Gasteiger partial charge in [-0.2, -0.15) is 5.10 Å². The predicted octanol–water partition coefficient (Wildman–Crippen LogP) is 2.00. The van der Waals surface area contributed by atoms with E-state index in [0.29, 0.717) is 57.6 Å². The minimum Gasteiger partial charge on any atom is -0.382 e. The van der Waals surface area contributed by atoms with Crippen LogP contribution in [-0.4, -0.2) is 84.7 Å². The van der Waals surface area contributed by atoms with Crippen molar-refractivity contribution in [3.05, 3.63) is 28.3 Å². The number of aromatic nitrogens is 3. The van der Waals surface area contributed by atoms with Crippen LogP contribution in [0.1, 0.15) is 41.2 Å². The molecule has 1 aliphatic rings. The van der Waals surface area contributed by atoms with E-state index >= 15 is 0 Å². The van der Waals surface area contributed by atoms with Gasteiger partial charge in [-0.15, -0.1) is 11.3 Å². The fourth-order valence-corrected chi connectivity index (χ4v) is 4.41. The quantitative estimate of drug-likeness (QED) is 0.478. The summed E-state index contributed by atoms with van der Waals surface area (Å²) in [5.41, 5.74) is 0.411. The lowest BCUT2D eigenvalue weighted by Crippen LogP contribution is -2.40. The SMILES string of the molecule is CCn1nccc1NC(=O)c1csc(C2CCN(C(=O)COCCOCCOC)CC2)n1. The number of hydrogen-bond acceptors (Lipinski definition) is 8. The van der Waals surface area contributed by atoms with Crippen LogP contribution >= 0.6 is 11.3 Å². The largest absolute Gasteiger partial charge is 0.382 e. The van der Waals surface area contributed by atoms with Crippen molar-refractivity contribution < 1.29 is 23.8 Å². The third-order valence-corrected chi connectivity index (χ3v) is 6.25. The Labute approximate surface area is 191 Å². The second kappa shape index (κ2) is 12.6. The van der Waals surface area contributed by atoms with Crippen molar-refractivity contribution in [2.24, 2.45) is 0 Å². The molecule has 1 N–H and O–H groups in total. The van der Waals surface area contributed by atoms with Gasteiger partial charge in [-0.25, -0.2) is 9.67 Å². The number of carbonyl (C=O) groups excluding carboxylic acids is 2. The zero-order valence-corrected chi connectivity index (χ0v) is 19.4. The Bertz CT molecular complexity index is 862. The number of rotatable bonds is 12. The molecule has 1 fully saturated rings. The number of nitrogens with zero attached hydrogens (tertiary/aromatic N) is 4. The number of likely N-dealkylation sites (tertiary alicyclic amines) is 1. The molecule has 0 spiro atoms. The fraction of sp³-hybridized carbons (Fsp3) is 0.619. The topological polar surface area (TPSA) is 108 Å². The van der Waals surface area contributed by atoms with Crippen molar-refractivity contribution in [3.8, 4) is 0 Å². The highest BCUT2D eigenvalue weighted by Crippen LogP contribution is 2.30. The molecule has 10 nitrogen and oxygen atoms in total. The van der Waals surface area contributed by atoms with Gasteiger partial charge in [0, 0.05) is 44.1 Å². The lowest BCUT2D eigenvalue weighted by molar-refractivity contribution is -0.137. The van der Waals surface area contributed by atoms with Gasteiger partial charge in [0.15, 0.2) is 0 Å². The Kier molecular flexibility index (Phi) is 9.60. The highest BCUT2D eigenvalue weighted by atomic mass is 32.1. The summed E-state index contributed by atoms with van der Waals surface area (Å²) in [6.45, 7) is 5.92. The number of piperidine rings is 1. The minimum atomic E-state index is -0.237. The maximum absolute atomic E-state index is 12.5. The standard InChI is InChI=1S/C21H31N5O5S/c1-3-26-18(4-7-22-26)24-20(28)17-15-32-21(23-17)16-5-8-25(9-6-16)19(27)14-31-13-12-30-11-10-29-2/h4,7,15-16H,3,5-6,8-14H2,1-2H3,(H,24,28). The van der Waals surface area contributed by atoms with Crippen LogP contribution < -0.4 is 5.32 Å². The van der Waals surface area contributed by atoms with Crippen LogP contribution in [0.5, 0.6) is 0 Å². The molecule has 3 heterocycles. The smallest absolute Gasteiger partial charge is 0.276 e. The van der Waals surface area contributed by atoms with E-state index in [-0.39, 0.29) is 24.3 Å². The van der Waals surface area contributed by atoms with Gasteiger partial charge < -0.3 is 24.4 Å². The van der Waals surface area contributed by atoms with Crippen LogP contribution in [0.15, 0.2) is 17.6 Å². The molecule has 0 bridgehead atoms. The molecular weight excluding hydrogens is 434 g/mol. The molecule has 2 aromatic heterocycles. The van der Waals surface area contributed by atoms with Gasteiger partial charge in [0.2, 0.25) is 5.91 Å². The summed E-state index contributed by atoms with van der Waals surface area (Å²) >= 11 is 1.50. The maximum atomic E-state index is 12.5. The Morgan fingerprint density at radius 2 is 1.94 bits per heavy atom. The molecule has 11 heteroatoms. The number of hydrogen-bond donors (Lipinski definition) is 1. The van der Waals surface area contributed by atoms with Crippen molar-refractivity contribution in [2.75, 3.05) is 58.6 Å². The highest BCUT2D eigenvalue weighted by molar-refractivity contribution is 7.10. The van der Waals surface area contributed by atoms with Gasteiger partial charge in [-0.1, -0.05) is 0 Å². The van der Waals surface area contributed by atoms with Crippen LogP contribution in [0.3, 0.4) is 0 Å². The first-order valence-corrected chi connectivity index (χ1v) is 11.7. The molecule has 0 aromatic carbocycles. The van der Waals surface area contributed by atoms with Gasteiger partial charge in [0.25, 0.3) is 5.91 Å². The second-order valence-electron chi connectivity index (χ2n) is 7.37. The summed E-state index contributed by atoms with van der Waals surface area (Å²) in [4.78, 5) is 31.3. The number of nitrogens with one attached hydrogen (secondary N) is 1. The number of carbonyl (C=O) groups is 2. The Hall–Kier alpha value is -2.34. The highest BCUT2D eigenvalue weighted by Gasteiger charge is 2.26. The Morgan fingerprint density at radius 1 is 1.19 bits per heavy atom. The zero-order chi connectivity index (χ0) is 22.8. The van der Waals surface area contributed by atoms with Gasteiger partial charge in [-0.05, 0) is 19.8 Å². The van der Waals surface area contributed by atoms with Crippen LogP contribution in [0, 0.1) is 0 Å². The van der Waals surface area contributed by atoms with Gasteiger partial charge in [0.05, 0.1) is 37.6 Å². The fourth-order valence-electron chi connectivity index (χ4n) is 3.44. The van der Waals surface area contributed by atoms with E-state index < -0.39 is 0 Å². The van der Waals surface area contributed by atoms with Crippen LogP contribution in [0.2, 0.25) is 0 Å². The van der Waals surface area contributed by atoms with Crippen molar-refractivity contribution in [2.45, 2.75) is 32.2 Å². The van der Waals surface area contributed by atoms with E-state index in [1.807, 2.05) is 11.8 Å². The van der Waals surface area contributed by atoms with Crippen molar-refractivity contribution in [1.82, 2.24) is 19.7 Å². The summed E-state index contributed by atoms with van der Waals surface area (Å²) in [6.07, 6.45) is 3.30. The Morgan fingerprint density at radius 3 is 2.69 bits per heavy atom. The minimum absolute atomic E-state index is 0.00733.